The van der Waals surface area contributed by atoms with Crippen LogP contribution in [-0.4, -0.2) is 22.2 Å². The molecule has 2 radical (unpaired) electrons. The third kappa shape index (κ3) is 12.6. The van der Waals surface area contributed by atoms with E-state index in [1.54, 1.807) is 24.3 Å². The Balaban J connectivity index is 0.000000234. The summed E-state index contributed by atoms with van der Waals surface area (Å²) < 4.78 is 82.1. The van der Waals surface area contributed by atoms with Gasteiger partial charge in [-0.05, 0) is 48.2 Å². The van der Waals surface area contributed by atoms with Crippen molar-refractivity contribution in [3.8, 4) is 33.8 Å². The predicted molar refractivity (Wildman–Crippen MR) is 191 cm³/mol. The predicted octanol–water partition coefficient (Wildman–Crippen LogP) is 13.5. The first kappa shape index (κ1) is 41.4. The normalized spacial score (nSPS) is 11.0. The van der Waals surface area contributed by atoms with E-state index in [9.17, 15) is 26.3 Å². The van der Waals surface area contributed by atoms with Crippen LogP contribution in [0.15, 0.2) is 109 Å². The van der Waals surface area contributed by atoms with Crippen LogP contribution in [0.3, 0.4) is 0 Å². The van der Waals surface area contributed by atoms with Gasteiger partial charge in [-0.3, -0.25) is 0 Å². The van der Waals surface area contributed by atoms with E-state index in [0.717, 1.165) is 55.0 Å². The summed E-state index contributed by atoms with van der Waals surface area (Å²) in [5.74, 6) is -0.409. The summed E-state index contributed by atoms with van der Waals surface area (Å²) in [5, 5.41) is 4.28. The molecule has 0 saturated carbocycles. The molecule has 0 aliphatic carbocycles. The Morgan fingerprint density at radius 2 is 0.940 bits per heavy atom. The number of rotatable bonds is 6. The third-order valence-corrected chi connectivity index (χ3v) is 7.19. The van der Waals surface area contributed by atoms with Gasteiger partial charge in [-0.1, -0.05) is 74.5 Å². The molecule has 2 nitrogen and oxygen atoms in total. The summed E-state index contributed by atoms with van der Waals surface area (Å²) >= 11 is -0.826. The van der Waals surface area contributed by atoms with Crippen LogP contribution in [-0.2, 0) is 33.7 Å². The molecule has 6 rings (SSSR count). The second-order valence-corrected chi connectivity index (χ2v) is 15.5. The Bertz CT molecular complexity index is 1800. The molecule has 0 atom stereocenters. The molecule has 0 spiro atoms. The molecule has 50 heavy (non-hydrogen) atoms. The molecule has 0 saturated heterocycles. The molecule has 0 heterocycles. The van der Waals surface area contributed by atoms with Crippen LogP contribution in [0, 0.1) is 0 Å². The summed E-state index contributed by atoms with van der Waals surface area (Å²) in [6.07, 6.45) is -7.52. The molecule has 0 amide bonds. The van der Waals surface area contributed by atoms with Gasteiger partial charge < -0.3 is 9.47 Å². The molecule has 6 aromatic rings. The molecule has 0 unspecified atom stereocenters. The zero-order valence-corrected chi connectivity index (χ0v) is 32.6. The van der Waals surface area contributed by atoms with Crippen LogP contribution in [0.2, 0.25) is 13.1 Å². The standard InChI is InChI=1S/2C18H14F3O.C2H6Si.2ClH.Zr/c2*1-2-12-9-13-6-4-8-16(17(13)10-12)14-5-3-7-15(11-14)22-18(19,20)21;1-3-2;;;/h2*3-11H,2H2,1H3;1-2H3;2*1H;/q2*-1;;;;+4/p-2. The van der Waals surface area contributed by atoms with Gasteiger partial charge in [0, 0.05) is 9.52 Å². The van der Waals surface area contributed by atoms with Crippen molar-refractivity contribution in [1.82, 2.24) is 0 Å². The van der Waals surface area contributed by atoms with Gasteiger partial charge in [0.1, 0.15) is 11.5 Å². The maximum atomic E-state index is 12.4. The molecular weight excluding hydrogens is 793 g/mol. The second kappa shape index (κ2) is 19.5. The third-order valence-electron chi connectivity index (χ3n) is 7.19. The molecule has 0 bridgehead atoms. The Hall–Kier alpha value is -3.04. The first-order valence-electron chi connectivity index (χ1n) is 15.4. The molecule has 6 aromatic carbocycles. The topological polar surface area (TPSA) is 18.5 Å². The number of hydrogen-bond donors (Lipinski definition) is 0. The van der Waals surface area contributed by atoms with Crippen molar-refractivity contribution in [2.75, 3.05) is 0 Å². The molecule has 0 fully saturated rings. The molecule has 12 heteroatoms. The first-order valence-corrected chi connectivity index (χ1v) is 23.7. The summed E-state index contributed by atoms with van der Waals surface area (Å²) in [4.78, 5) is 0. The van der Waals surface area contributed by atoms with E-state index in [2.05, 4.69) is 60.7 Å². The zero-order valence-electron chi connectivity index (χ0n) is 27.6. The van der Waals surface area contributed by atoms with Crippen molar-refractivity contribution in [3.05, 3.63) is 120 Å². The Kier molecular flexibility index (Phi) is 16.2. The quantitative estimate of drug-likeness (QED) is 0.0946. The number of benzene rings is 4. The van der Waals surface area contributed by atoms with Crippen LogP contribution in [0.25, 0.3) is 43.8 Å². The Morgan fingerprint density at radius 1 is 0.600 bits per heavy atom. The van der Waals surface area contributed by atoms with Crippen molar-refractivity contribution in [1.29, 1.82) is 0 Å². The number of ether oxygens (including phenoxy) is 2. The maximum absolute atomic E-state index is 12.4. The molecular formula is C38H34Cl2F6O2SiZr. The molecule has 0 aliphatic heterocycles. The fourth-order valence-electron chi connectivity index (χ4n) is 5.23. The van der Waals surface area contributed by atoms with Gasteiger partial charge >= 0.3 is 50.6 Å². The van der Waals surface area contributed by atoms with E-state index in [1.807, 2.05) is 36.4 Å². The Labute approximate surface area is 309 Å². The number of halogens is 8. The van der Waals surface area contributed by atoms with Gasteiger partial charge in [0.05, 0.1) is 0 Å². The van der Waals surface area contributed by atoms with E-state index >= 15 is 0 Å². The van der Waals surface area contributed by atoms with Gasteiger partial charge in [-0.2, -0.15) is 12.1 Å². The van der Waals surface area contributed by atoms with Crippen molar-refractivity contribution in [3.63, 3.8) is 0 Å². The average molecular weight is 827 g/mol. The number of hydrogen-bond acceptors (Lipinski definition) is 2. The molecule has 0 N–H and O–H groups in total. The minimum absolute atomic E-state index is 0.204. The van der Waals surface area contributed by atoms with Crippen molar-refractivity contribution in [2.45, 2.75) is 52.5 Å². The van der Waals surface area contributed by atoms with E-state index in [-0.39, 0.29) is 11.5 Å². The van der Waals surface area contributed by atoms with Gasteiger partial charge in [-0.25, -0.2) is 0 Å². The van der Waals surface area contributed by atoms with E-state index in [0.29, 0.717) is 11.1 Å². The Morgan fingerprint density at radius 3 is 1.26 bits per heavy atom. The summed E-state index contributed by atoms with van der Waals surface area (Å²) in [7, 11) is 11.0. The van der Waals surface area contributed by atoms with Gasteiger partial charge in [0.2, 0.25) is 0 Å². The van der Waals surface area contributed by atoms with Crippen molar-refractivity contribution >= 4 is 48.1 Å². The fourth-order valence-corrected chi connectivity index (χ4v) is 5.23. The summed E-state index contributed by atoms with van der Waals surface area (Å²) in [6.45, 7) is 8.46. The van der Waals surface area contributed by atoms with Crippen molar-refractivity contribution in [2.24, 2.45) is 0 Å². The SMILES string of the molecule is CCc1cc2c(-c3cccc(OC(F)(F)F)c3)cccc2[cH-]1.CCc1cc2c(-c3cccc(OC(F)(F)F)c3)cccc2[cH-]1.C[Si]C.[Cl][Zr+2][Cl]. The van der Waals surface area contributed by atoms with E-state index in [1.165, 1.54) is 35.4 Å². The summed E-state index contributed by atoms with van der Waals surface area (Å²) in [6, 6.07) is 32.2. The number of alkyl halides is 6. The molecule has 0 aromatic heterocycles. The number of fused-ring (bicyclic) bond motifs is 2. The van der Waals surface area contributed by atoms with Crippen LogP contribution in [0.1, 0.15) is 25.0 Å². The van der Waals surface area contributed by atoms with Crippen LogP contribution < -0.4 is 9.47 Å². The van der Waals surface area contributed by atoms with E-state index in [4.69, 9.17) is 17.0 Å². The molecule has 0 aliphatic rings. The molecule has 262 valence electrons. The van der Waals surface area contributed by atoms with E-state index < -0.39 is 33.6 Å². The van der Waals surface area contributed by atoms with Gasteiger partial charge in [-0.15, -0.1) is 95.4 Å². The van der Waals surface area contributed by atoms with Crippen LogP contribution >= 0.6 is 17.0 Å². The van der Waals surface area contributed by atoms with Crippen LogP contribution in [0.4, 0.5) is 26.3 Å². The van der Waals surface area contributed by atoms with Crippen molar-refractivity contribution < 1.29 is 56.7 Å². The zero-order chi connectivity index (χ0) is 36.9. The van der Waals surface area contributed by atoms with Gasteiger partial charge in [0.15, 0.2) is 0 Å². The minimum atomic E-state index is -4.68. The number of aryl methyl sites for hydroxylation is 2. The first-order chi connectivity index (χ1) is 23.7. The average Bonchev–Trinajstić information content (AvgIpc) is 3.68. The fraction of sp³-hybridized carbons (Fsp3) is 0.211. The van der Waals surface area contributed by atoms with Gasteiger partial charge in [0.25, 0.3) is 0 Å². The monoisotopic (exact) mass is 824 g/mol. The second-order valence-electron chi connectivity index (χ2n) is 10.8. The van der Waals surface area contributed by atoms with Crippen LogP contribution in [0.5, 0.6) is 11.5 Å². The summed E-state index contributed by atoms with van der Waals surface area (Å²) in [5.41, 5.74) is 5.66.